The zero-order chi connectivity index (χ0) is 29.8. The van der Waals surface area contributed by atoms with Gasteiger partial charge in [0.2, 0.25) is 11.2 Å². The number of rotatable bonds is 4. The zero-order valence-corrected chi connectivity index (χ0v) is 23.9. The lowest BCUT2D eigenvalue weighted by molar-refractivity contribution is -0.433. The molecule has 5 aliphatic rings. The summed E-state index contributed by atoms with van der Waals surface area (Å²) in [6, 6.07) is 0. The molecule has 0 radical (unpaired) electrons. The van der Waals surface area contributed by atoms with E-state index >= 15 is 0 Å². The molecule has 12 heteroatoms. The standard InChI is InChI=1S/C28H36O12/c1-12-9-20(36-15(4)30)26(38-16(5)31)24(7)19(35-14(3)29)11-18(33)13(2)22(24)28(26,39-17(6)32)27-21(10-12)37-23(34)25(27,8)40-27/h10,13,18-22,33H,9,11H2,1-8H3. The van der Waals surface area contributed by atoms with Gasteiger partial charge in [0.15, 0.2) is 17.3 Å². The summed E-state index contributed by atoms with van der Waals surface area (Å²) >= 11 is 0. The van der Waals surface area contributed by atoms with Crippen molar-refractivity contribution in [3.8, 4) is 0 Å². The molecule has 0 aromatic rings. The van der Waals surface area contributed by atoms with Gasteiger partial charge in [-0.15, -0.1) is 0 Å². The molecule has 0 aromatic heterocycles. The van der Waals surface area contributed by atoms with Crippen LogP contribution in [0.3, 0.4) is 0 Å². The van der Waals surface area contributed by atoms with Crippen molar-refractivity contribution >= 4 is 29.8 Å². The van der Waals surface area contributed by atoms with Crippen LogP contribution in [0.4, 0.5) is 0 Å². The number of aliphatic hydroxyl groups is 1. The average molecular weight is 565 g/mol. The number of hydrogen-bond donors (Lipinski definition) is 1. The van der Waals surface area contributed by atoms with E-state index in [-0.39, 0.29) is 12.8 Å². The minimum atomic E-state index is -2.04. The van der Waals surface area contributed by atoms with Crippen LogP contribution in [-0.4, -0.2) is 81.8 Å². The van der Waals surface area contributed by atoms with Crippen molar-refractivity contribution in [1.82, 2.24) is 0 Å². The van der Waals surface area contributed by atoms with Gasteiger partial charge in [-0.05, 0) is 25.8 Å². The van der Waals surface area contributed by atoms with Crippen molar-refractivity contribution in [2.75, 3.05) is 0 Å². The first-order chi connectivity index (χ1) is 18.5. The number of epoxide rings is 1. The number of carbonyl (C=O) groups is 5. The molecule has 40 heavy (non-hydrogen) atoms. The van der Waals surface area contributed by atoms with E-state index in [4.69, 9.17) is 28.4 Å². The Labute approximate surface area is 231 Å². The molecule has 2 saturated heterocycles. The first-order valence-corrected chi connectivity index (χ1v) is 13.5. The Morgan fingerprint density at radius 2 is 1.48 bits per heavy atom. The van der Waals surface area contributed by atoms with Gasteiger partial charge >= 0.3 is 29.8 Å². The van der Waals surface area contributed by atoms with Gasteiger partial charge in [-0.25, -0.2) is 4.79 Å². The van der Waals surface area contributed by atoms with Crippen LogP contribution in [-0.2, 0) is 52.4 Å². The minimum Gasteiger partial charge on any atom is -0.462 e. The summed E-state index contributed by atoms with van der Waals surface area (Å²) < 4.78 is 36.4. The maximum Gasteiger partial charge on any atom is 0.342 e. The van der Waals surface area contributed by atoms with Crippen LogP contribution >= 0.6 is 0 Å². The van der Waals surface area contributed by atoms with Gasteiger partial charge in [0, 0.05) is 46.5 Å². The third kappa shape index (κ3) is 3.06. The number of ether oxygens (including phenoxy) is 6. The average Bonchev–Trinajstić information content (AvgIpc) is 3.40. The van der Waals surface area contributed by atoms with Gasteiger partial charge in [-0.2, -0.15) is 0 Å². The molecule has 4 fully saturated rings. The molecule has 11 unspecified atom stereocenters. The maximum atomic E-state index is 13.3. The van der Waals surface area contributed by atoms with Gasteiger partial charge in [0.1, 0.15) is 12.2 Å². The Kier molecular flexibility index (Phi) is 6.07. The van der Waals surface area contributed by atoms with E-state index < -0.39 is 93.9 Å². The predicted molar refractivity (Wildman–Crippen MR) is 132 cm³/mol. The highest BCUT2D eigenvalue weighted by Gasteiger charge is 3.04. The summed E-state index contributed by atoms with van der Waals surface area (Å²) in [4.78, 5) is 64.4. The van der Waals surface area contributed by atoms with Crippen LogP contribution < -0.4 is 0 Å². The van der Waals surface area contributed by atoms with Crippen LogP contribution in [0.5, 0.6) is 0 Å². The Balaban J connectivity index is 1.94. The highest BCUT2D eigenvalue weighted by atomic mass is 16.7. The Hall–Kier alpha value is -2.99. The SMILES string of the molecule is CC(=O)OC1CC(O)C(C)C2C1(C)C1(OC(C)=O)C(OC(C)=O)CC(C)=CC3OC(=O)C4(C)OC34C21OC(C)=O. The number of esters is 5. The van der Waals surface area contributed by atoms with Gasteiger partial charge in [-0.3, -0.25) is 19.2 Å². The second kappa shape index (κ2) is 8.51. The van der Waals surface area contributed by atoms with E-state index in [2.05, 4.69) is 0 Å². The summed E-state index contributed by atoms with van der Waals surface area (Å²) in [6.07, 6.45) is -2.81. The molecule has 1 N–H and O–H groups in total. The molecule has 11 atom stereocenters. The minimum absolute atomic E-state index is 0.00273. The van der Waals surface area contributed by atoms with E-state index in [9.17, 15) is 29.1 Å². The van der Waals surface area contributed by atoms with E-state index in [0.29, 0.717) is 5.57 Å². The molecule has 1 spiro atoms. The molecule has 0 amide bonds. The van der Waals surface area contributed by atoms with Gasteiger partial charge in [0.05, 0.1) is 11.5 Å². The summed E-state index contributed by atoms with van der Waals surface area (Å²) in [6.45, 7) is 11.4. The molecule has 2 heterocycles. The molecule has 0 bridgehead atoms. The largest absolute Gasteiger partial charge is 0.462 e. The lowest BCUT2D eigenvalue weighted by Crippen LogP contribution is -2.96. The normalized spacial score (nSPS) is 48.1. The second-order valence-electron chi connectivity index (χ2n) is 12.2. The Morgan fingerprint density at radius 1 is 0.925 bits per heavy atom. The summed E-state index contributed by atoms with van der Waals surface area (Å²) in [5.41, 5.74) is -8.18. The predicted octanol–water partition coefficient (Wildman–Crippen LogP) is 1.29. The Bertz CT molecular complexity index is 1240. The number of fused-ring (bicyclic) bond motifs is 4. The molecule has 2 saturated carbocycles. The smallest absolute Gasteiger partial charge is 0.342 e. The maximum absolute atomic E-state index is 13.3. The highest BCUT2D eigenvalue weighted by Crippen LogP contribution is 2.82. The van der Waals surface area contributed by atoms with E-state index in [1.54, 1.807) is 26.8 Å². The lowest BCUT2D eigenvalue weighted by Gasteiger charge is -2.78. The van der Waals surface area contributed by atoms with E-state index in [1.807, 2.05) is 0 Å². The van der Waals surface area contributed by atoms with Crippen molar-refractivity contribution in [1.29, 1.82) is 0 Å². The number of hydrogen-bond acceptors (Lipinski definition) is 12. The molecule has 3 aliphatic carbocycles. The first-order valence-electron chi connectivity index (χ1n) is 13.5. The Morgan fingerprint density at radius 3 is 2.00 bits per heavy atom. The molecule has 5 rings (SSSR count). The first kappa shape index (κ1) is 28.5. The van der Waals surface area contributed by atoms with Crippen LogP contribution in [0.1, 0.15) is 68.2 Å². The van der Waals surface area contributed by atoms with Crippen molar-refractivity contribution in [2.24, 2.45) is 17.3 Å². The van der Waals surface area contributed by atoms with Crippen molar-refractivity contribution < 1.29 is 57.5 Å². The fourth-order valence-electron chi connectivity index (χ4n) is 8.86. The number of aliphatic hydroxyl groups excluding tert-OH is 1. The summed E-state index contributed by atoms with van der Waals surface area (Å²) in [5, 5.41) is 11.3. The lowest BCUT2D eigenvalue weighted by atomic mass is 9.30. The number of carbonyl (C=O) groups excluding carboxylic acids is 5. The van der Waals surface area contributed by atoms with E-state index in [0.717, 1.165) is 6.92 Å². The highest BCUT2D eigenvalue weighted by molar-refractivity contribution is 5.90. The van der Waals surface area contributed by atoms with Crippen molar-refractivity contribution in [3.05, 3.63) is 11.6 Å². The van der Waals surface area contributed by atoms with Crippen molar-refractivity contribution in [3.63, 3.8) is 0 Å². The van der Waals surface area contributed by atoms with Crippen LogP contribution in [0.25, 0.3) is 0 Å². The molecular formula is C28H36O12. The topological polar surface area (TPSA) is 164 Å². The van der Waals surface area contributed by atoms with Gasteiger partial charge in [0.25, 0.3) is 0 Å². The van der Waals surface area contributed by atoms with Crippen LogP contribution in [0, 0.1) is 17.3 Å². The molecule has 12 nitrogen and oxygen atoms in total. The third-order valence-corrected chi connectivity index (χ3v) is 9.92. The summed E-state index contributed by atoms with van der Waals surface area (Å²) in [5.74, 6) is -5.21. The van der Waals surface area contributed by atoms with Crippen LogP contribution in [0.15, 0.2) is 11.6 Å². The second-order valence-corrected chi connectivity index (χ2v) is 12.2. The molecule has 0 aromatic carbocycles. The monoisotopic (exact) mass is 564 g/mol. The van der Waals surface area contributed by atoms with E-state index in [1.165, 1.54) is 27.7 Å². The quantitative estimate of drug-likeness (QED) is 0.226. The summed E-state index contributed by atoms with van der Waals surface area (Å²) in [7, 11) is 0. The molecular weight excluding hydrogens is 528 g/mol. The van der Waals surface area contributed by atoms with Crippen molar-refractivity contribution in [2.45, 2.75) is 115 Å². The molecule has 2 aliphatic heterocycles. The third-order valence-electron chi connectivity index (χ3n) is 9.92. The fraction of sp³-hybridized carbons (Fsp3) is 0.750. The van der Waals surface area contributed by atoms with Gasteiger partial charge < -0.3 is 33.5 Å². The molecule has 220 valence electrons. The van der Waals surface area contributed by atoms with Gasteiger partial charge in [-0.1, -0.05) is 19.4 Å². The van der Waals surface area contributed by atoms with Crippen LogP contribution in [0.2, 0.25) is 0 Å². The fourth-order valence-corrected chi connectivity index (χ4v) is 8.86. The zero-order valence-electron chi connectivity index (χ0n) is 23.9.